The molecule has 5 atom stereocenters. The Morgan fingerprint density at radius 1 is 1.16 bits per heavy atom. The second kappa shape index (κ2) is 8.12. The number of hydrogen-bond donors (Lipinski definition) is 1. The molecule has 8 rings (SSSR count). The zero-order valence-corrected chi connectivity index (χ0v) is 22.7. The van der Waals surface area contributed by atoms with Crippen LogP contribution in [0.5, 0.6) is 0 Å². The monoisotopic (exact) mass is 566 g/mol. The van der Waals surface area contributed by atoms with E-state index >= 15 is 0 Å². The summed E-state index contributed by atoms with van der Waals surface area (Å²) in [6.45, 7) is 0.385. The van der Waals surface area contributed by atoms with E-state index in [0.29, 0.717) is 39.4 Å². The number of benzene rings is 2. The second-order valence-corrected chi connectivity index (χ2v) is 13.2. The lowest BCUT2D eigenvalue weighted by Crippen LogP contribution is -2.62. The van der Waals surface area contributed by atoms with Crippen LogP contribution in [-0.4, -0.2) is 27.1 Å². The summed E-state index contributed by atoms with van der Waals surface area (Å²) in [5.41, 5.74) is 2.56. The van der Waals surface area contributed by atoms with E-state index < -0.39 is 5.60 Å². The van der Waals surface area contributed by atoms with Crippen molar-refractivity contribution in [1.82, 2.24) is 10.1 Å². The number of ether oxygens (including phenoxy) is 1. The maximum absolute atomic E-state index is 12.0. The summed E-state index contributed by atoms with van der Waals surface area (Å²) in [4.78, 5) is 16.0. The number of thiazole rings is 1. The third-order valence-electron chi connectivity index (χ3n) is 9.41. The van der Waals surface area contributed by atoms with Gasteiger partial charge in [0.25, 0.3) is 0 Å². The minimum atomic E-state index is -0.937. The first kappa shape index (κ1) is 23.6. The molecule has 2 heterocycles. The van der Waals surface area contributed by atoms with Crippen LogP contribution in [0.1, 0.15) is 64.7 Å². The molecular formula is C29H24Cl2N2O4S. The average Bonchev–Trinajstić information content (AvgIpc) is 3.31. The van der Waals surface area contributed by atoms with Crippen LogP contribution in [0.4, 0.5) is 0 Å². The van der Waals surface area contributed by atoms with Crippen molar-refractivity contribution in [2.75, 3.05) is 0 Å². The summed E-state index contributed by atoms with van der Waals surface area (Å²) in [5, 5.41) is 18.3. The number of carbonyl (C=O) groups excluding carboxylic acids is 1. The number of aromatic nitrogens is 2. The number of hydrogen-bond acceptors (Lipinski definition) is 7. The van der Waals surface area contributed by atoms with Gasteiger partial charge in [0.05, 0.1) is 32.5 Å². The van der Waals surface area contributed by atoms with Crippen LogP contribution in [0, 0.1) is 17.8 Å². The molecule has 0 spiro atoms. The van der Waals surface area contributed by atoms with Gasteiger partial charge in [0.15, 0.2) is 0 Å². The van der Waals surface area contributed by atoms with E-state index in [-0.39, 0.29) is 23.4 Å². The highest BCUT2D eigenvalue weighted by molar-refractivity contribution is 7.18. The lowest BCUT2D eigenvalue weighted by Gasteiger charge is -2.58. The summed E-state index contributed by atoms with van der Waals surface area (Å²) in [6.07, 6.45) is 5.54. The first-order valence-corrected chi connectivity index (χ1v) is 14.6. The summed E-state index contributed by atoms with van der Waals surface area (Å²) < 4.78 is 13.5. The van der Waals surface area contributed by atoms with Gasteiger partial charge in [0.1, 0.15) is 28.3 Å². The van der Waals surface area contributed by atoms with E-state index in [1.54, 1.807) is 6.07 Å². The fraction of sp³-hybridized carbons (Fsp3) is 0.414. The molecule has 1 N–H and O–H groups in total. The molecule has 4 saturated carbocycles. The minimum absolute atomic E-state index is 0.0974. The molecule has 0 saturated heterocycles. The highest BCUT2D eigenvalue weighted by Gasteiger charge is 2.76. The molecule has 4 aliphatic rings. The van der Waals surface area contributed by atoms with E-state index in [1.807, 2.05) is 30.3 Å². The molecule has 0 amide bonds. The SMILES string of the molecule is O=Cc1ccc2nc([C@]3(O)[C@@H]4CC5[C@H]3C[C@]5(OCc3c(-c5c(Cl)cccc5Cl)noc3C3CC3)C4)sc2c1. The Labute approximate surface area is 232 Å². The number of carbonyl (C=O) groups is 1. The van der Waals surface area contributed by atoms with Crippen molar-refractivity contribution >= 4 is 51.0 Å². The summed E-state index contributed by atoms with van der Waals surface area (Å²) in [7, 11) is 0. The minimum Gasteiger partial charge on any atom is -0.382 e. The van der Waals surface area contributed by atoms with Crippen molar-refractivity contribution in [1.29, 1.82) is 0 Å². The third kappa shape index (κ3) is 3.17. The molecule has 6 nitrogen and oxygen atoms in total. The predicted molar refractivity (Wildman–Crippen MR) is 145 cm³/mol. The fourth-order valence-corrected chi connectivity index (χ4v) is 9.22. The van der Waals surface area contributed by atoms with E-state index in [1.165, 1.54) is 11.3 Å². The molecule has 9 heteroatoms. The van der Waals surface area contributed by atoms with Gasteiger partial charge in [-0.2, -0.15) is 0 Å². The Bertz CT molecular complexity index is 1610. The van der Waals surface area contributed by atoms with Crippen molar-refractivity contribution in [2.24, 2.45) is 17.8 Å². The molecule has 4 fully saturated rings. The molecule has 194 valence electrons. The summed E-state index contributed by atoms with van der Waals surface area (Å²) >= 11 is 14.6. The Kier molecular flexibility index (Phi) is 5.04. The molecule has 2 bridgehead atoms. The van der Waals surface area contributed by atoms with Gasteiger partial charge in [-0.1, -0.05) is 34.4 Å². The van der Waals surface area contributed by atoms with Crippen LogP contribution in [0.25, 0.3) is 21.5 Å². The summed E-state index contributed by atoms with van der Waals surface area (Å²) in [6, 6.07) is 10.9. The lowest BCUT2D eigenvalue weighted by molar-refractivity contribution is -0.246. The molecule has 38 heavy (non-hydrogen) atoms. The van der Waals surface area contributed by atoms with Crippen molar-refractivity contribution in [3.63, 3.8) is 0 Å². The molecule has 2 aromatic carbocycles. The lowest BCUT2D eigenvalue weighted by atomic mass is 9.54. The molecule has 4 aliphatic carbocycles. The third-order valence-corrected chi connectivity index (χ3v) is 11.2. The fourth-order valence-electron chi connectivity index (χ4n) is 7.40. The number of fused-ring (bicyclic) bond motifs is 2. The molecule has 0 aliphatic heterocycles. The van der Waals surface area contributed by atoms with E-state index in [9.17, 15) is 9.90 Å². The topological polar surface area (TPSA) is 85.5 Å². The van der Waals surface area contributed by atoms with Crippen molar-refractivity contribution < 1.29 is 19.2 Å². The smallest absolute Gasteiger partial charge is 0.150 e. The Morgan fingerprint density at radius 2 is 1.97 bits per heavy atom. The maximum atomic E-state index is 12.0. The predicted octanol–water partition coefficient (Wildman–Crippen LogP) is 7.15. The van der Waals surface area contributed by atoms with Gasteiger partial charge in [-0.3, -0.25) is 4.79 Å². The highest BCUT2D eigenvalue weighted by atomic mass is 35.5. The van der Waals surface area contributed by atoms with Crippen LogP contribution in [0.15, 0.2) is 40.9 Å². The highest BCUT2D eigenvalue weighted by Crippen LogP contribution is 2.74. The molecular weight excluding hydrogens is 543 g/mol. The van der Waals surface area contributed by atoms with Crippen LogP contribution < -0.4 is 0 Å². The van der Waals surface area contributed by atoms with Crippen molar-refractivity contribution in [3.05, 3.63) is 68.3 Å². The van der Waals surface area contributed by atoms with Crippen LogP contribution in [0.2, 0.25) is 10.0 Å². The van der Waals surface area contributed by atoms with E-state index in [4.69, 9.17) is 37.4 Å². The maximum Gasteiger partial charge on any atom is 0.150 e. The zero-order valence-electron chi connectivity index (χ0n) is 20.3. The van der Waals surface area contributed by atoms with Crippen LogP contribution >= 0.6 is 34.5 Å². The standard InChI is InChI=1S/C29H24Cl2N2O4S/c30-20-2-1-3-21(31)24(20)25-17(26(37-33-25)15-5-6-15)13-36-28-10-16-9-18(28)19(11-28)29(16,35)27-32-22-7-4-14(12-34)8-23(22)38-27/h1-4,7-8,12,15-16,18-19,35H,5-6,9-11,13H2/t16-,18?,19-,28-,29+/m1/s1. The summed E-state index contributed by atoms with van der Waals surface area (Å²) in [5.74, 6) is 1.75. The first-order chi connectivity index (χ1) is 18.4. The van der Waals surface area contributed by atoms with Gasteiger partial charge in [-0.25, -0.2) is 4.98 Å². The number of aldehydes is 1. The average molecular weight is 567 g/mol. The van der Waals surface area contributed by atoms with Gasteiger partial charge < -0.3 is 14.4 Å². The van der Waals surface area contributed by atoms with E-state index in [2.05, 4.69) is 5.16 Å². The van der Waals surface area contributed by atoms with E-state index in [0.717, 1.165) is 64.9 Å². The Balaban J connectivity index is 1.07. The number of rotatable bonds is 7. The zero-order chi connectivity index (χ0) is 25.8. The van der Waals surface area contributed by atoms with Crippen molar-refractivity contribution in [2.45, 2.75) is 55.8 Å². The quantitative estimate of drug-likeness (QED) is 0.239. The first-order valence-electron chi connectivity index (χ1n) is 13.1. The Hall–Kier alpha value is -2.29. The molecule has 4 aromatic rings. The van der Waals surface area contributed by atoms with Crippen molar-refractivity contribution in [3.8, 4) is 11.3 Å². The van der Waals surface area contributed by atoms with Gasteiger partial charge in [0.2, 0.25) is 0 Å². The normalized spacial score (nSPS) is 31.2. The van der Waals surface area contributed by atoms with Crippen LogP contribution in [-0.2, 0) is 16.9 Å². The van der Waals surface area contributed by atoms with Crippen LogP contribution in [0.3, 0.4) is 0 Å². The molecule has 2 aromatic heterocycles. The Morgan fingerprint density at radius 3 is 2.68 bits per heavy atom. The van der Waals surface area contributed by atoms with Gasteiger partial charge >= 0.3 is 0 Å². The molecule has 1 unspecified atom stereocenters. The number of halogens is 2. The number of aliphatic hydroxyl groups is 1. The van der Waals surface area contributed by atoms with Gasteiger partial charge in [-0.05, 0) is 74.3 Å². The largest absolute Gasteiger partial charge is 0.382 e. The van der Waals surface area contributed by atoms with Gasteiger partial charge in [-0.15, -0.1) is 11.3 Å². The van der Waals surface area contributed by atoms with Gasteiger partial charge in [0, 0.05) is 28.5 Å². The number of nitrogens with zero attached hydrogens (tertiary/aromatic N) is 2. The molecule has 0 radical (unpaired) electrons. The second-order valence-electron chi connectivity index (χ2n) is 11.3.